The van der Waals surface area contributed by atoms with Gasteiger partial charge in [-0.3, -0.25) is 4.79 Å². The van der Waals surface area contributed by atoms with Crippen LogP contribution < -0.4 is 0 Å². The smallest absolute Gasteiger partial charge is 0.228 e. The molecule has 0 N–H and O–H groups in total. The first kappa shape index (κ1) is 16.1. The van der Waals surface area contributed by atoms with Crippen molar-refractivity contribution in [2.24, 2.45) is 0 Å². The van der Waals surface area contributed by atoms with E-state index in [9.17, 15) is 4.79 Å². The molecule has 116 valence electrons. The predicted octanol–water partition coefficient (Wildman–Crippen LogP) is 5.12. The molecule has 1 aromatic heterocycles. The van der Waals surface area contributed by atoms with Crippen LogP contribution in [0.25, 0.3) is 0 Å². The van der Waals surface area contributed by atoms with Crippen LogP contribution in [-0.4, -0.2) is 15.3 Å². The number of ketones is 1. The molecule has 3 nitrogen and oxygen atoms in total. The van der Waals surface area contributed by atoms with E-state index in [-0.39, 0.29) is 5.78 Å². The molecule has 0 radical (unpaired) electrons. The van der Waals surface area contributed by atoms with Crippen LogP contribution in [0, 0.1) is 0 Å². The summed E-state index contributed by atoms with van der Waals surface area (Å²) in [5.74, 6) is 0.140. The molecular formula is C17H11Cl3N2O. The van der Waals surface area contributed by atoms with Gasteiger partial charge in [0, 0.05) is 29.5 Å². The van der Waals surface area contributed by atoms with Crippen molar-refractivity contribution in [1.29, 1.82) is 0 Å². The van der Waals surface area contributed by atoms with Crippen LogP contribution >= 0.6 is 34.8 Å². The molecule has 0 unspecified atom stereocenters. The number of hydrogen-bond donors (Lipinski definition) is 0. The van der Waals surface area contributed by atoms with Crippen LogP contribution in [0.3, 0.4) is 0 Å². The van der Waals surface area contributed by atoms with Crippen molar-refractivity contribution in [1.82, 2.24) is 9.55 Å². The third kappa shape index (κ3) is 3.58. The molecule has 0 saturated carbocycles. The number of aromatic nitrogens is 2. The largest absolute Gasteiger partial charge is 0.324 e. The first-order valence-electron chi connectivity index (χ1n) is 6.80. The van der Waals surface area contributed by atoms with E-state index in [1.165, 1.54) is 0 Å². The highest BCUT2D eigenvalue weighted by Crippen LogP contribution is 2.24. The first-order chi connectivity index (χ1) is 11.0. The third-order valence-electron chi connectivity index (χ3n) is 3.37. The van der Waals surface area contributed by atoms with Gasteiger partial charge in [0.05, 0.1) is 10.0 Å². The molecule has 0 spiro atoms. The molecule has 0 aliphatic heterocycles. The van der Waals surface area contributed by atoms with Crippen molar-refractivity contribution in [2.75, 3.05) is 0 Å². The minimum atomic E-state index is -0.206. The third-order valence-corrected chi connectivity index (χ3v) is 4.36. The zero-order valence-corrected chi connectivity index (χ0v) is 14.1. The molecule has 0 aliphatic carbocycles. The summed E-state index contributed by atoms with van der Waals surface area (Å²) in [6, 6.07) is 12.2. The van der Waals surface area contributed by atoms with Crippen molar-refractivity contribution >= 4 is 40.6 Å². The first-order valence-corrected chi connectivity index (χ1v) is 7.93. The van der Waals surface area contributed by atoms with Crippen molar-refractivity contribution in [3.63, 3.8) is 0 Å². The standard InChI is InChI=1S/C17H11Cl3N2O/c18-13-4-1-11(2-5-13)10-22-8-7-21-17(22)16(23)12-3-6-14(19)15(20)9-12/h1-9H,10H2. The molecule has 23 heavy (non-hydrogen) atoms. The average molecular weight is 366 g/mol. The molecule has 0 saturated heterocycles. The highest BCUT2D eigenvalue weighted by Gasteiger charge is 2.16. The molecule has 6 heteroatoms. The molecular weight excluding hydrogens is 355 g/mol. The van der Waals surface area contributed by atoms with Crippen LogP contribution in [0.4, 0.5) is 0 Å². The summed E-state index contributed by atoms with van der Waals surface area (Å²) in [7, 11) is 0. The lowest BCUT2D eigenvalue weighted by Crippen LogP contribution is -2.12. The average Bonchev–Trinajstić information content (AvgIpc) is 2.99. The highest BCUT2D eigenvalue weighted by atomic mass is 35.5. The lowest BCUT2D eigenvalue weighted by molar-refractivity contribution is 0.102. The molecule has 0 atom stereocenters. The van der Waals surface area contributed by atoms with Crippen molar-refractivity contribution in [3.8, 4) is 0 Å². The van der Waals surface area contributed by atoms with Gasteiger partial charge >= 0.3 is 0 Å². The fourth-order valence-electron chi connectivity index (χ4n) is 2.20. The summed E-state index contributed by atoms with van der Waals surface area (Å²) in [5, 5.41) is 1.42. The Morgan fingerprint density at radius 2 is 1.74 bits per heavy atom. The van der Waals surface area contributed by atoms with Gasteiger partial charge in [0.25, 0.3) is 0 Å². The van der Waals surface area contributed by atoms with Crippen molar-refractivity contribution in [3.05, 3.63) is 86.9 Å². The van der Waals surface area contributed by atoms with Gasteiger partial charge in [0.2, 0.25) is 5.78 Å². The topological polar surface area (TPSA) is 34.9 Å². The van der Waals surface area contributed by atoms with Gasteiger partial charge in [-0.1, -0.05) is 46.9 Å². The van der Waals surface area contributed by atoms with Crippen LogP contribution in [0.5, 0.6) is 0 Å². The Morgan fingerprint density at radius 3 is 2.43 bits per heavy atom. The lowest BCUT2D eigenvalue weighted by atomic mass is 10.1. The molecule has 0 aliphatic rings. The van der Waals surface area contributed by atoms with E-state index in [1.807, 2.05) is 24.3 Å². The maximum absolute atomic E-state index is 12.6. The van der Waals surface area contributed by atoms with Gasteiger partial charge in [0.1, 0.15) is 0 Å². The van der Waals surface area contributed by atoms with E-state index >= 15 is 0 Å². The second-order valence-corrected chi connectivity index (χ2v) is 6.21. The summed E-state index contributed by atoms with van der Waals surface area (Å²) < 4.78 is 1.79. The van der Waals surface area contributed by atoms with E-state index in [2.05, 4.69) is 4.98 Å². The Labute approximate surface area is 148 Å². The van der Waals surface area contributed by atoms with Gasteiger partial charge in [-0.2, -0.15) is 0 Å². The Kier molecular flexibility index (Phi) is 4.71. The van der Waals surface area contributed by atoms with Crippen molar-refractivity contribution < 1.29 is 4.79 Å². The van der Waals surface area contributed by atoms with E-state index in [0.717, 1.165) is 5.56 Å². The minimum Gasteiger partial charge on any atom is -0.324 e. The number of carbonyl (C=O) groups excluding carboxylic acids is 1. The Hall–Kier alpha value is -1.81. The molecule has 0 amide bonds. The summed E-state index contributed by atoms with van der Waals surface area (Å²) in [5.41, 5.74) is 1.47. The number of rotatable bonds is 4. The number of hydrogen-bond acceptors (Lipinski definition) is 2. The van der Waals surface area contributed by atoms with E-state index in [4.69, 9.17) is 34.8 Å². The van der Waals surface area contributed by atoms with Crippen LogP contribution in [0.15, 0.2) is 54.9 Å². The number of nitrogens with zero attached hydrogens (tertiary/aromatic N) is 2. The summed E-state index contributed by atoms with van der Waals surface area (Å²) >= 11 is 17.8. The minimum absolute atomic E-state index is 0.206. The zero-order chi connectivity index (χ0) is 16.4. The Morgan fingerprint density at radius 1 is 1.00 bits per heavy atom. The monoisotopic (exact) mass is 364 g/mol. The fourth-order valence-corrected chi connectivity index (χ4v) is 2.62. The molecule has 3 rings (SSSR count). The van der Waals surface area contributed by atoms with E-state index < -0.39 is 0 Å². The number of imidazole rings is 1. The van der Waals surface area contributed by atoms with Crippen molar-refractivity contribution in [2.45, 2.75) is 6.54 Å². The number of halogens is 3. The van der Waals surface area contributed by atoms with Crippen LogP contribution in [0.2, 0.25) is 15.1 Å². The van der Waals surface area contributed by atoms with Gasteiger partial charge in [-0.05, 0) is 35.9 Å². The van der Waals surface area contributed by atoms with Gasteiger partial charge < -0.3 is 4.57 Å². The number of carbonyl (C=O) groups is 1. The maximum atomic E-state index is 12.6. The molecule has 2 aromatic carbocycles. The molecule has 3 aromatic rings. The SMILES string of the molecule is O=C(c1ccc(Cl)c(Cl)c1)c1nccn1Cc1ccc(Cl)cc1. The zero-order valence-electron chi connectivity index (χ0n) is 11.8. The lowest BCUT2D eigenvalue weighted by Gasteiger charge is -2.08. The highest BCUT2D eigenvalue weighted by molar-refractivity contribution is 6.42. The van der Waals surface area contributed by atoms with E-state index in [0.29, 0.717) is 33.0 Å². The van der Waals surface area contributed by atoms with Crippen LogP contribution in [0.1, 0.15) is 21.7 Å². The van der Waals surface area contributed by atoms with Gasteiger partial charge in [-0.15, -0.1) is 0 Å². The normalized spacial score (nSPS) is 10.7. The predicted molar refractivity (Wildman–Crippen MR) is 92.7 cm³/mol. The summed E-state index contributed by atoms with van der Waals surface area (Å²) in [4.78, 5) is 16.8. The Bertz CT molecular complexity index is 857. The Balaban J connectivity index is 1.89. The quantitative estimate of drug-likeness (QED) is 0.601. The fraction of sp³-hybridized carbons (Fsp3) is 0.0588. The van der Waals surface area contributed by atoms with E-state index in [1.54, 1.807) is 35.2 Å². The van der Waals surface area contributed by atoms with Gasteiger partial charge in [0.15, 0.2) is 5.82 Å². The molecule has 0 bridgehead atoms. The molecule has 0 fully saturated rings. The summed E-state index contributed by atoms with van der Waals surface area (Å²) in [6.45, 7) is 0.527. The number of benzene rings is 2. The second-order valence-electron chi connectivity index (χ2n) is 4.96. The maximum Gasteiger partial charge on any atom is 0.228 e. The molecule has 1 heterocycles. The van der Waals surface area contributed by atoms with Crippen LogP contribution in [-0.2, 0) is 6.54 Å². The second kappa shape index (κ2) is 6.75. The summed E-state index contributed by atoms with van der Waals surface area (Å²) in [6.07, 6.45) is 3.36. The van der Waals surface area contributed by atoms with Gasteiger partial charge in [-0.25, -0.2) is 4.98 Å².